The van der Waals surface area contributed by atoms with Crippen LogP contribution in [-0.4, -0.2) is 18.8 Å². The second kappa shape index (κ2) is 4.87. The van der Waals surface area contributed by atoms with Crippen molar-refractivity contribution in [1.29, 1.82) is 0 Å². The van der Waals surface area contributed by atoms with E-state index < -0.39 is 0 Å². The van der Waals surface area contributed by atoms with Crippen LogP contribution in [0.4, 0.5) is 0 Å². The standard InChI is InChI=1S/C10H11ClO2/c1-8-3-2-4-10(9(8)7-12)13-6-5-11/h2-4,7H,5-6H2,1H3. The highest BCUT2D eigenvalue weighted by molar-refractivity contribution is 6.18. The first-order valence-corrected chi connectivity index (χ1v) is 4.56. The number of carbonyl (C=O) groups excluding carboxylic acids is 1. The van der Waals surface area contributed by atoms with Gasteiger partial charge in [0, 0.05) is 0 Å². The van der Waals surface area contributed by atoms with E-state index in [0.29, 0.717) is 23.8 Å². The molecule has 70 valence electrons. The highest BCUT2D eigenvalue weighted by Gasteiger charge is 2.04. The molecule has 0 saturated heterocycles. The number of hydrogen-bond donors (Lipinski definition) is 0. The Balaban J connectivity index is 2.91. The summed E-state index contributed by atoms with van der Waals surface area (Å²) in [4.78, 5) is 10.7. The number of aldehydes is 1. The molecule has 0 saturated carbocycles. The maximum Gasteiger partial charge on any atom is 0.154 e. The van der Waals surface area contributed by atoms with Crippen molar-refractivity contribution in [2.75, 3.05) is 12.5 Å². The lowest BCUT2D eigenvalue weighted by Crippen LogP contribution is -2.01. The van der Waals surface area contributed by atoms with Gasteiger partial charge in [0.25, 0.3) is 0 Å². The Morgan fingerprint density at radius 1 is 1.54 bits per heavy atom. The van der Waals surface area contributed by atoms with E-state index in [9.17, 15) is 4.79 Å². The zero-order chi connectivity index (χ0) is 9.68. The number of carbonyl (C=O) groups is 1. The largest absolute Gasteiger partial charge is 0.492 e. The second-order valence-corrected chi connectivity index (χ2v) is 3.02. The summed E-state index contributed by atoms with van der Waals surface area (Å²) in [5.41, 5.74) is 1.52. The van der Waals surface area contributed by atoms with Gasteiger partial charge in [0.15, 0.2) is 6.29 Å². The van der Waals surface area contributed by atoms with Crippen molar-refractivity contribution in [2.24, 2.45) is 0 Å². The molecule has 1 rings (SSSR count). The topological polar surface area (TPSA) is 26.3 Å². The quantitative estimate of drug-likeness (QED) is 0.549. The van der Waals surface area contributed by atoms with Crippen LogP contribution in [0.5, 0.6) is 5.75 Å². The second-order valence-electron chi connectivity index (χ2n) is 2.64. The predicted octanol–water partition coefficient (Wildman–Crippen LogP) is 2.43. The van der Waals surface area contributed by atoms with Crippen LogP contribution in [-0.2, 0) is 0 Å². The minimum Gasteiger partial charge on any atom is -0.492 e. The summed E-state index contributed by atoms with van der Waals surface area (Å²) < 4.78 is 5.29. The summed E-state index contributed by atoms with van der Waals surface area (Å²) in [5.74, 6) is 1.03. The maximum atomic E-state index is 10.7. The molecule has 0 radical (unpaired) electrons. The molecule has 13 heavy (non-hydrogen) atoms. The highest BCUT2D eigenvalue weighted by Crippen LogP contribution is 2.19. The SMILES string of the molecule is Cc1cccc(OCCCl)c1C=O. The molecule has 0 spiro atoms. The van der Waals surface area contributed by atoms with E-state index in [-0.39, 0.29) is 0 Å². The van der Waals surface area contributed by atoms with Crippen molar-refractivity contribution >= 4 is 17.9 Å². The Bertz CT molecular complexity index is 297. The van der Waals surface area contributed by atoms with Crippen molar-refractivity contribution in [1.82, 2.24) is 0 Å². The molecule has 0 heterocycles. The normalized spacial score (nSPS) is 9.69. The lowest BCUT2D eigenvalue weighted by molar-refractivity contribution is 0.111. The minimum atomic E-state index is 0.422. The van der Waals surface area contributed by atoms with Crippen molar-refractivity contribution in [3.63, 3.8) is 0 Å². The minimum absolute atomic E-state index is 0.422. The fourth-order valence-electron chi connectivity index (χ4n) is 1.08. The van der Waals surface area contributed by atoms with Crippen LogP contribution >= 0.6 is 11.6 Å². The molecular formula is C10H11ClO2. The third-order valence-electron chi connectivity index (χ3n) is 1.74. The highest BCUT2D eigenvalue weighted by atomic mass is 35.5. The molecule has 0 aliphatic heterocycles. The van der Waals surface area contributed by atoms with E-state index in [0.717, 1.165) is 11.8 Å². The molecule has 1 aromatic rings. The first-order chi connectivity index (χ1) is 6.29. The fraction of sp³-hybridized carbons (Fsp3) is 0.300. The molecule has 0 bridgehead atoms. The molecule has 0 atom stereocenters. The molecule has 3 heteroatoms. The first-order valence-electron chi connectivity index (χ1n) is 4.03. The van der Waals surface area contributed by atoms with Gasteiger partial charge in [-0.3, -0.25) is 4.79 Å². The molecule has 0 aliphatic rings. The number of hydrogen-bond acceptors (Lipinski definition) is 2. The van der Waals surface area contributed by atoms with E-state index in [4.69, 9.17) is 16.3 Å². The fourth-order valence-corrected chi connectivity index (χ4v) is 1.16. The van der Waals surface area contributed by atoms with Crippen LogP contribution in [0.25, 0.3) is 0 Å². The Labute approximate surface area is 82.5 Å². The summed E-state index contributed by atoms with van der Waals surface area (Å²) in [6.45, 7) is 2.29. The van der Waals surface area contributed by atoms with Crippen LogP contribution in [0.3, 0.4) is 0 Å². The molecule has 0 N–H and O–H groups in total. The Morgan fingerprint density at radius 3 is 2.92 bits per heavy atom. The van der Waals surface area contributed by atoms with Crippen LogP contribution in [0.15, 0.2) is 18.2 Å². The lowest BCUT2D eigenvalue weighted by Gasteiger charge is -2.07. The zero-order valence-corrected chi connectivity index (χ0v) is 8.17. The summed E-state index contributed by atoms with van der Waals surface area (Å²) in [7, 11) is 0. The van der Waals surface area contributed by atoms with Gasteiger partial charge in [-0.1, -0.05) is 12.1 Å². The van der Waals surface area contributed by atoms with Crippen LogP contribution in [0.2, 0.25) is 0 Å². The Hall–Kier alpha value is -1.02. The molecule has 0 amide bonds. The van der Waals surface area contributed by atoms with Gasteiger partial charge >= 0.3 is 0 Å². The van der Waals surface area contributed by atoms with Crippen molar-refractivity contribution in [3.8, 4) is 5.75 Å². The van der Waals surface area contributed by atoms with E-state index in [1.165, 1.54) is 0 Å². The number of rotatable bonds is 4. The Morgan fingerprint density at radius 2 is 2.31 bits per heavy atom. The van der Waals surface area contributed by atoms with Gasteiger partial charge in [0.05, 0.1) is 11.4 Å². The van der Waals surface area contributed by atoms with Crippen LogP contribution in [0.1, 0.15) is 15.9 Å². The van der Waals surface area contributed by atoms with Gasteiger partial charge in [-0.25, -0.2) is 0 Å². The summed E-state index contributed by atoms with van der Waals surface area (Å²) in [6.07, 6.45) is 0.804. The van der Waals surface area contributed by atoms with Gasteiger partial charge in [-0.05, 0) is 18.6 Å². The van der Waals surface area contributed by atoms with Crippen LogP contribution < -0.4 is 4.74 Å². The Kier molecular flexibility index (Phi) is 3.77. The van der Waals surface area contributed by atoms with E-state index in [1.54, 1.807) is 6.07 Å². The summed E-state index contributed by atoms with van der Waals surface area (Å²) in [6, 6.07) is 5.49. The zero-order valence-electron chi connectivity index (χ0n) is 7.42. The van der Waals surface area contributed by atoms with Gasteiger partial charge in [0.1, 0.15) is 12.4 Å². The first kappa shape index (κ1) is 10.1. The average Bonchev–Trinajstić information content (AvgIpc) is 2.15. The molecule has 0 aromatic heterocycles. The third kappa shape index (κ3) is 2.46. The molecule has 0 unspecified atom stereocenters. The molecular weight excluding hydrogens is 188 g/mol. The molecule has 1 aromatic carbocycles. The van der Waals surface area contributed by atoms with E-state index >= 15 is 0 Å². The van der Waals surface area contributed by atoms with Crippen LogP contribution in [0, 0.1) is 6.92 Å². The molecule has 2 nitrogen and oxygen atoms in total. The third-order valence-corrected chi connectivity index (χ3v) is 1.89. The number of benzene rings is 1. The smallest absolute Gasteiger partial charge is 0.154 e. The van der Waals surface area contributed by atoms with Gasteiger partial charge < -0.3 is 4.74 Å². The monoisotopic (exact) mass is 198 g/mol. The van der Waals surface area contributed by atoms with Crippen molar-refractivity contribution < 1.29 is 9.53 Å². The van der Waals surface area contributed by atoms with Gasteiger partial charge in [0.2, 0.25) is 0 Å². The summed E-state index contributed by atoms with van der Waals surface area (Å²) >= 11 is 5.47. The average molecular weight is 199 g/mol. The maximum absolute atomic E-state index is 10.7. The predicted molar refractivity (Wildman–Crippen MR) is 52.8 cm³/mol. The van der Waals surface area contributed by atoms with E-state index in [1.807, 2.05) is 19.1 Å². The van der Waals surface area contributed by atoms with Gasteiger partial charge in [-0.2, -0.15) is 0 Å². The lowest BCUT2D eigenvalue weighted by atomic mass is 10.1. The molecule has 0 aliphatic carbocycles. The number of alkyl halides is 1. The van der Waals surface area contributed by atoms with Crippen molar-refractivity contribution in [3.05, 3.63) is 29.3 Å². The van der Waals surface area contributed by atoms with Gasteiger partial charge in [-0.15, -0.1) is 11.6 Å². The number of ether oxygens (including phenoxy) is 1. The molecule has 0 fully saturated rings. The summed E-state index contributed by atoms with van der Waals surface area (Å²) in [5, 5.41) is 0. The van der Waals surface area contributed by atoms with Crippen molar-refractivity contribution in [2.45, 2.75) is 6.92 Å². The number of aryl methyl sites for hydroxylation is 1. The van der Waals surface area contributed by atoms with E-state index in [2.05, 4.69) is 0 Å². The number of halogens is 1.